The molecule has 6 rings (SSSR count). The average Bonchev–Trinajstić information content (AvgIpc) is 3.46. The number of oxazole rings is 1. The van der Waals surface area contributed by atoms with Gasteiger partial charge in [-0.25, -0.2) is 8.42 Å². The molecule has 2 heterocycles. The average molecular weight is 629 g/mol. The van der Waals surface area contributed by atoms with E-state index >= 15 is 0 Å². The van der Waals surface area contributed by atoms with Crippen molar-refractivity contribution in [1.29, 1.82) is 0 Å². The van der Waals surface area contributed by atoms with Gasteiger partial charge in [0.25, 0.3) is 0 Å². The van der Waals surface area contributed by atoms with Gasteiger partial charge in [-0.1, -0.05) is 94.3 Å². The van der Waals surface area contributed by atoms with Crippen LogP contribution in [0.5, 0.6) is 0 Å². The fourth-order valence-electron chi connectivity index (χ4n) is 5.37. The summed E-state index contributed by atoms with van der Waals surface area (Å²) in [4.78, 5) is 9.24. The van der Waals surface area contributed by atoms with Crippen molar-refractivity contribution in [2.45, 2.75) is 22.9 Å². The number of piperazine rings is 1. The number of hydrogen-bond donors (Lipinski definition) is 0. The lowest BCUT2D eigenvalue weighted by atomic mass is 9.96. The van der Waals surface area contributed by atoms with Crippen molar-refractivity contribution in [3.8, 4) is 11.5 Å². The molecule has 6 nitrogen and oxygen atoms in total. The van der Waals surface area contributed by atoms with Crippen molar-refractivity contribution >= 4 is 31.7 Å². The molecule has 0 atom stereocenters. The molecule has 8 heteroatoms. The largest absolute Gasteiger partial charge is 0.419 e. The molecule has 0 amide bonds. The molecule has 1 aromatic heterocycles. The van der Waals surface area contributed by atoms with Gasteiger partial charge in [0.15, 0.2) is 0 Å². The highest BCUT2D eigenvalue weighted by molar-refractivity contribution is 9.10. The molecule has 1 saturated heterocycles. The first-order valence-electron chi connectivity index (χ1n) is 13.6. The smallest absolute Gasteiger partial charge is 0.236 e. The Labute approximate surface area is 249 Å². The number of nitrogens with zero attached hydrogens (tertiary/aromatic N) is 3. The minimum Gasteiger partial charge on any atom is -0.419 e. The van der Waals surface area contributed by atoms with Crippen LogP contribution in [-0.4, -0.2) is 44.5 Å². The fourth-order valence-corrected chi connectivity index (χ4v) is 6.95. The maximum Gasteiger partial charge on any atom is 0.236 e. The van der Waals surface area contributed by atoms with Crippen molar-refractivity contribution in [2.75, 3.05) is 31.1 Å². The van der Waals surface area contributed by atoms with E-state index in [-0.39, 0.29) is 16.0 Å². The van der Waals surface area contributed by atoms with Crippen LogP contribution in [0.1, 0.15) is 22.7 Å². The van der Waals surface area contributed by atoms with E-state index in [0.29, 0.717) is 24.9 Å². The Hall–Kier alpha value is -3.72. The minimum atomic E-state index is -3.93. The standard InChI is InChI=1S/C33H30BrN3O3S/c1-24-9-8-14-27(23-24)31-35-32(41(38,39)29-17-15-28(34)16-18-29)33(40-31)37-21-19-36(20-22-37)30(25-10-4-2-5-11-25)26-12-6-3-7-13-26/h2-18,23,30H,19-22H2,1H3. The van der Waals surface area contributed by atoms with Crippen molar-refractivity contribution < 1.29 is 12.8 Å². The summed E-state index contributed by atoms with van der Waals surface area (Å²) in [5, 5.41) is -0.0487. The highest BCUT2D eigenvalue weighted by Crippen LogP contribution is 2.37. The molecule has 0 saturated carbocycles. The van der Waals surface area contributed by atoms with Gasteiger partial charge >= 0.3 is 0 Å². The van der Waals surface area contributed by atoms with E-state index < -0.39 is 9.84 Å². The van der Waals surface area contributed by atoms with Gasteiger partial charge in [0.2, 0.25) is 26.6 Å². The first-order valence-corrected chi connectivity index (χ1v) is 15.9. The monoisotopic (exact) mass is 627 g/mol. The molecule has 41 heavy (non-hydrogen) atoms. The van der Waals surface area contributed by atoms with Crippen LogP contribution in [0.15, 0.2) is 128 Å². The summed E-state index contributed by atoms with van der Waals surface area (Å²) in [5.74, 6) is 0.591. The summed E-state index contributed by atoms with van der Waals surface area (Å²) in [6.45, 7) is 4.64. The molecule has 0 bridgehead atoms. The van der Waals surface area contributed by atoms with E-state index in [4.69, 9.17) is 4.42 Å². The van der Waals surface area contributed by atoms with Crippen LogP contribution in [0, 0.1) is 6.92 Å². The third-order valence-corrected chi connectivity index (χ3v) is 9.62. The summed E-state index contributed by atoms with van der Waals surface area (Å²) in [5.41, 5.74) is 4.25. The number of aromatic nitrogens is 1. The summed E-state index contributed by atoms with van der Waals surface area (Å²) < 4.78 is 34.9. The zero-order valence-electron chi connectivity index (χ0n) is 22.7. The maximum absolute atomic E-state index is 13.9. The first-order chi connectivity index (χ1) is 19.9. The van der Waals surface area contributed by atoms with E-state index in [0.717, 1.165) is 28.7 Å². The normalized spacial score (nSPS) is 14.5. The number of benzene rings is 4. The van der Waals surface area contributed by atoms with Gasteiger partial charge < -0.3 is 9.32 Å². The fraction of sp³-hybridized carbons (Fsp3) is 0.182. The zero-order chi connectivity index (χ0) is 28.4. The van der Waals surface area contributed by atoms with E-state index in [1.165, 1.54) is 11.1 Å². The first kappa shape index (κ1) is 27.4. The number of sulfone groups is 1. The SMILES string of the molecule is Cc1cccc(-c2nc(S(=O)(=O)c3ccc(Br)cc3)c(N3CCN(C(c4ccccc4)c4ccccc4)CC3)o2)c1. The van der Waals surface area contributed by atoms with Gasteiger partial charge in [-0.15, -0.1) is 0 Å². The molecule has 0 N–H and O–H groups in total. The van der Waals surface area contributed by atoms with Crippen LogP contribution in [-0.2, 0) is 9.84 Å². The van der Waals surface area contributed by atoms with Crippen LogP contribution in [0.25, 0.3) is 11.5 Å². The maximum atomic E-state index is 13.9. The number of halogens is 1. The summed E-state index contributed by atoms with van der Waals surface area (Å²) in [6.07, 6.45) is 0. The van der Waals surface area contributed by atoms with E-state index in [1.54, 1.807) is 24.3 Å². The van der Waals surface area contributed by atoms with Crippen molar-refractivity contribution in [2.24, 2.45) is 0 Å². The molecule has 1 fully saturated rings. The van der Waals surface area contributed by atoms with Gasteiger partial charge in [0, 0.05) is 36.2 Å². The zero-order valence-corrected chi connectivity index (χ0v) is 25.1. The number of anilines is 1. The lowest BCUT2D eigenvalue weighted by Crippen LogP contribution is -2.48. The van der Waals surface area contributed by atoms with Crippen LogP contribution in [0.4, 0.5) is 5.88 Å². The molecular formula is C33H30BrN3O3S. The summed E-state index contributed by atoms with van der Waals surface area (Å²) >= 11 is 3.40. The summed E-state index contributed by atoms with van der Waals surface area (Å²) in [6, 6.07) is 35.5. The molecule has 0 unspecified atom stereocenters. The second kappa shape index (κ2) is 11.6. The van der Waals surface area contributed by atoms with Crippen LogP contribution in [0.3, 0.4) is 0 Å². The molecule has 1 aliphatic heterocycles. The van der Waals surface area contributed by atoms with Crippen LogP contribution < -0.4 is 4.90 Å². The van der Waals surface area contributed by atoms with Gasteiger partial charge in [0.1, 0.15) is 0 Å². The lowest BCUT2D eigenvalue weighted by molar-refractivity contribution is 0.209. The number of aryl methyl sites for hydroxylation is 1. The van der Waals surface area contributed by atoms with E-state index in [9.17, 15) is 8.42 Å². The van der Waals surface area contributed by atoms with Crippen molar-refractivity contribution in [1.82, 2.24) is 9.88 Å². The van der Waals surface area contributed by atoms with E-state index in [1.807, 2.05) is 48.2 Å². The van der Waals surface area contributed by atoms with Crippen LogP contribution in [0.2, 0.25) is 0 Å². The Morgan fingerprint density at radius 3 is 1.98 bits per heavy atom. The van der Waals surface area contributed by atoms with Gasteiger partial charge in [-0.05, 0) is 54.4 Å². The third kappa shape index (κ3) is 5.73. The van der Waals surface area contributed by atoms with Gasteiger partial charge in [0.05, 0.1) is 10.9 Å². The predicted octanol–water partition coefficient (Wildman–Crippen LogP) is 7.16. The van der Waals surface area contributed by atoms with Gasteiger partial charge in [-0.3, -0.25) is 4.90 Å². The van der Waals surface area contributed by atoms with E-state index in [2.05, 4.69) is 74.3 Å². The second-order valence-electron chi connectivity index (χ2n) is 10.2. The highest BCUT2D eigenvalue weighted by atomic mass is 79.9. The predicted molar refractivity (Wildman–Crippen MR) is 165 cm³/mol. The molecule has 0 radical (unpaired) electrons. The highest BCUT2D eigenvalue weighted by Gasteiger charge is 2.34. The number of rotatable bonds is 7. The molecule has 0 aliphatic carbocycles. The Morgan fingerprint density at radius 1 is 0.780 bits per heavy atom. The molecule has 1 aliphatic rings. The van der Waals surface area contributed by atoms with Crippen molar-refractivity contribution in [3.05, 3.63) is 130 Å². The Morgan fingerprint density at radius 2 is 1.39 bits per heavy atom. The van der Waals surface area contributed by atoms with Crippen molar-refractivity contribution in [3.63, 3.8) is 0 Å². The second-order valence-corrected chi connectivity index (χ2v) is 13.0. The summed E-state index contributed by atoms with van der Waals surface area (Å²) in [7, 11) is -3.93. The Kier molecular flexibility index (Phi) is 7.79. The molecule has 0 spiro atoms. The lowest BCUT2D eigenvalue weighted by Gasteiger charge is -2.39. The topological polar surface area (TPSA) is 66.7 Å². The third-order valence-electron chi connectivity index (χ3n) is 7.42. The van der Waals surface area contributed by atoms with Crippen LogP contribution >= 0.6 is 15.9 Å². The Bertz CT molecular complexity index is 1690. The molecule has 208 valence electrons. The quantitative estimate of drug-likeness (QED) is 0.191. The minimum absolute atomic E-state index is 0.0487. The Balaban J connectivity index is 1.34. The molecule has 4 aromatic carbocycles. The molecular weight excluding hydrogens is 598 g/mol. The van der Waals surface area contributed by atoms with Gasteiger partial charge in [-0.2, -0.15) is 4.98 Å². The molecule has 5 aromatic rings. The number of hydrogen-bond acceptors (Lipinski definition) is 6.